The van der Waals surface area contributed by atoms with Crippen LogP contribution in [-0.4, -0.2) is 46.2 Å². The molecule has 1 fully saturated rings. The van der Waals surface area contributed by atoms with Crippen molar-refractivity contribution >= 4 is 5.97 Å². The number of unbranched alkanes of at least 4 members (excludes halogenated alkanes) is 3. The molecule has 0 unspecified atom stereocenters. The van der Waals surface area contributed by atoms with Crippen LogP contribution < -0.4 is 0 Å². The van der Waals surface area contributed by atoms with Gasteiger partial charge in [0.15, 0.2) is 0 Å². The van der Waals surface area contributed by atoms with E-state index in [1.54, 1.807) is 6.08 Å². The maximum atomic E-state index is 10.6. The largest absolute Gasteiger partial charge is 0.481 e. The molecule has 1 saturated heterocycles. The van der Waals surface area contributed by atoms with Gasteiger partial charge in [0.1, 0.15) is 0 Å². The van der Waals surface area contributed by atoms with E-state index in [4.69, 9.17) is 14.9 Å². The van der Waals surface area contributed by atoms with Crippen LogP contribution in [0.1, 0.15) is 57.8 Å². The summed E-state index contributed by atoms with van der Waals surface area (Å²) in [5.41, 5.74) is 0. The summed E-state index contributed by atoms with van der Waals surface area (Å²) in [6, 6.07) is 0. The summed E-state index contributed by atoms with van der Waals surface area (Å²) >= 11 is 0. The van der Waals surface area contributed by atoms with Gasteiger partial charge in [-0.15, -0.1) is 0 Å². The van der Waals surface area contributed by atoms with E-state index < -0.39 is 12.1 Å². The first-order valence-electron chi connectivity index (χ1n) is 8.59. The molecule has 5 heteroatoms. The van der Waals surface area contributed by atoms with Crippen molar-refractivity contribution in [3.8, 4) is 0 Å². The van der Waals surface area contributed by atoms with E-state index >= 15 is 0 Å². The average molecular weight is 326 g/mol. The monoisotopic (exact) mass is 326 g/mol. The number of aliphatic carboxylic acids is 1. The Morgan fingerprint density at radius 2 is 1.91 bits per heavy atom. The Bertz CT molecular complexity index is 378. The van der Waals surface area contributed by atoms with Crippen molar-refractivity contribution in [2.75, 3.05) is 6.61 Å². The fourth-order valence-corrected chi connectivity index (χ4v) is 2.73. The molecule has 0 amide bonds. The van der Waals surface area contributed by atoms with Gasteiger partial charge in [-0.3, -0.25) is 4.79 Å². The Labute approximate surface area is 138 Å². The standard InChI is InChI=1S/C18H30O5/c19-12-8-6-4-2-1-3-5-7-9-15(20)13-16-10-11-17(23-16)14-18(21)22/h1,3,7,9,15-17,19-20H,2,4-6,8,10-14H2,(H,21,22)/b3-1-,9-7-/t15-,16-,17-/m1/s1. The first-order chi connectivity index (χ1) is 11.1. The number of aliphatic hydroxyl groups is 2. The van der Waals surface area contributed by atoms with Gasteiger partial charge in [0.2, 0.25) is 0 Å². The molecular weight excluding hydrogens is 296 g/mol. The summed E-state index contributed by atoms with van der Waals surface area (Å²) in [7, 11) is 0. The Balaban J connectivity index is 2.08. The summed E-state index contributed by atoms with van der Waals surface area (Å²) in [5.74, 6) is -0.834. The molecule has 0 radical (unpaired) electrons. The van der Waals surface area contributed by atoms with E-state index in [2.05, 4.69) is 12.2 Å². The third-order valence-corrected chi connectivity index (χ3v) is 3.93. The van der Waals surface area contributed by atoms with Gasteiger partial charge < -0.3 is 20.1 Å². The van der Waals surface area contributed by atoms with E-state index in [0.29, 0.717) is 6.42 Å². The van der Waals surface area contributed by atoms with Crippen molar-refractivity contribution in [3.63, 3.8) is 0 Å². The number of allylic oxidation sites excluding steroid dienone is 3. The number of carbonyl (C=O) groups is 1. The first-order valence-corrected chi connectivity index (χ1v) is 8.59. The molecular formula is C18H30O5. The molecule has 0 saturated carbocycles. The van der Waals surface area contributed by atoms with Crippen LogP contribution >= 0.6 is 0 Å². The van der Waals surface area contributed by atoms with Crippen LogP contribution in [0.15, 0.2) is 24.3 Å². The van der Waals surface area contributed by atoms with Gasteiger partial charge in [0.05, 0.1) is 24.7 Å². The second-order valence-electron chi connectivity index (χ2n) is 6.07. The van der Waals surface area contributed by atoms with Crippen LogP contribution in [0.4, 0.5) is 0 Å². The maximum Gasteiger partial charge on any atom is 0.305 e. The highest BCUT2D eigenvalue weighted by atomic mass is 16.5. The lowest BCUT2D eigenvalue weighted by molar-refractivity contribution is -0.140. The molecule has 0 aliphatic carbocycles. The molecule has 3 atom stereocenters. The zero-order chi connectivity index (χ0) is 16.9. The predicted molar refractivity (Wildman–Crippen MR) is 89.2 cm³/mol. The Kier molecular flexibility index (Phi) is 10.6. The Morgan fingerprint density at radius 3 is 2.65 bits per heavy atom. The van der Waals surface area contributed by atoms with Crippen LogP contribution in [0.2, 0.25) is 0 Å². The Hall–Kier alpha value is -1.17. The number of rotatable bonds is 12. The van der Waals surface area contributed by atoms with Crippen molar-refractivity contribution in [2.24, 2.45) is 0 Å². The molecule has 0 aromatic rings. The number of hydrogen-bond donors (Lipinski definition) is 3. The third-order valence-electron chi connectivity index (χ3n) is 3.93. The maximum absolute atomic E-state index is 10.6. The molecule has 0 bridgehead atoms. The fourth-order valence-electron chi connectivity index (χ4n) is 2.73. The van der Waals surface area contributed by atoms with Crippen molar-refractivity contribution in [3.05, 3.63) is 24.3 Å². The smallest absolute Gasteiger partial charge is 0.305 e. The summed E-state index contributed by atoms with van der Waals surface area (Å²) in [6.45, 7) is 0.270. The molecule has 3 N–H and O–H groups in total. The molecule has 0 aromatic heterocycles. The summed E-state index contributed by atoms with van der Waals surface area (Å²) in [4.78, 5) is 10.6. The highest BCUT2D eigenvalue weighted by Crippen LogP contribution is 2.25. The van der Waals surface area contributed by atoms with Crippen LogP contribution in [-0.2, 0) is 9.53 Å². The van der Waals surface area contributed by atoms with Crippen LogP contribution in [0.3, 0.4) is 0 Å². The summed E-state index contributed by atoms with van der Waals surface area (Å²) in [6.07, 6.45) is 14.1. The van der Waals surface area contributed by atoms with Crippen molar-refractivity contribution in [2.45, 2.75) is 76.1 Å². The van der Waals surface area contributed by atoms with Gasteiger partial charge in [-0.05, 0) is 38.5 Å². The molecule has 1 heterocycles. The molecule has 0 aromatic carbocycles. The number of carboxylic acids is 1. The molecule has 1 aliphatic rings. The SMILES string of the molecule is O=C(O)C[C@H]1CC[C@H](C[C@H](O)/C=C\C/C=C\CCCCCO)O1. The van der Waals surface area contributed by atoms with E-state index in [-0.39, 0.29) is 25.2 Å². The minimum Gasteiger partial charge on any atom is -0.481 e. The lowest BCUT2D eigenvalue weighted by Crippen LogP contribution is -2.18. The van der Waals surface area contributed by atoms with E-state index in [0.717, 1.165) is 44.9 Å². The van der Waals surface area contributed by atoms with E-state index in [1.807, 2.05) is 6.08 Å². The van der Waals surface area contributed by atoms with Gasteiger partial charge in [-0.1, -0.05) is 30.7 Å². The van der Waals surface area contributed by atoms with Crippen LogP contribution in [0, 0.1) is 0 Å². The van der Waals surface area contributed by atoms with E-state index in [1.165, 1.54) is 0 Å². The molecule has 132 valence electrons. The molecule has 23 heavy (non-hydrogen) atoms. The highest BCUT2D eigenvalue weighted by Gasteiger charge is 2.27. The number of aliphatic hydroxyl groups excluding tert-OH is 2. The lowest BCUT2D eigenvalue weighted by atomic mass is 10.1. The minimum absolute atomic E-state index is 0.0407. The van der Waals surface area contributed by atoms with Gasteiger partial charge in [0, 0.05) is 13.0 Å². The summed E-state index contributed by atoms with van der Waals surface area (Å²) < 4.78 is 5.63. The number of carboxylic acid groups (broad SMARTS) is 1. The zero-order valence-corrected chi connectivity index (χ0v) is 13.8. The lowest BCUT2D eigenvalue weighted by Gasteiger charge is -2.14. The topological polar surface area (TPSA) is 87.0 Å². The second kappa shape index (κ2) is 12.3. The van der Waals surface area contributed by atoms with E-state index in [9.17, 15) is 9.90 Å². The fraction of sp³-hybridized carbons (Fsp3) is 0.722. The zero-order valence-electron chi connectivity index (χ0n) is 13.8. The Morgan fingerprint density at radius 1 is 1.13 bits per heavy atom. The quantitative estimate of drug-likeness (QED) is 0.379. The number of hydrogen-bond acceptors (Lipinski definition) is 4. The van der Waals surface area contributed by atoms with Gasteiger partial charge >= 0.3 is 5.97 Å². The van der Waals surface area contributed by atoms with Crippen molar-refractivity contribution in [1.82, 2.24) is 0 Å². The minimum atomic E-state index is -0.834. The summed E-state index contributed by atoms with van der Waals surface area (Å²) in [5, 5.41) is 27.3. The molecule has 5 nitrogen and oxygen atoms in total. The van der Waals surface area contributed by atoms with Gasteiger partial charge in [-0.25, -0.2) is 0 Å². The number of ether oxygens (including phenoxy) is 1. The average Bonchev–Trinajstić information content (AvgIpc) is 2.91. The molecule has 1 rings (SSSR count). The first kappa shape index (κ1) is 19.9. The molecule has 0 spiro atoms. The van der Waals surface area contributed by atoms with Gasteiger partial charge in [0.25, 0.3) is 0 Å². The van der Waals surface area contributed by atoms with Crippen LogP contribution in [0.25, 0.3) is 0 Å². The van der Waals surface area contributed by atoms with Crippen molar-refractivity contribution in [1.29, 1.82) is 0 Å². The third kappa shape index (κ3) is 10.3. The normalized spacial score (nSPS) is 23.0. The van der Waals surface area contributed by atoms with Crippen molar-refractivity contribution < 1.29 is 24.9 Å². The van der Waals surface area contributed by atoms with Crippen LogP contribution in [0.5, 0.6) is 0 Å². The predicted octanol–water partition coefficient (Wildman–Crippen LogP) is 2.81. The van der Waals surface area contributed by atoms with Gasteiger partial charge in [-0.2, -0.15) is 0 Å². The second-order valence-corrected chi connectivity index (χ2v) is 6.07. The highest BCUT2D eigenvalue weighted by molar-refractivity contribution is 5.67. The molecule has 1 aliphatic heterocycles.